The highest BCUT2D eigenvalue weighted by Crippen LogP contribution is 2.77. The topological polar surface area (TPSA) is 68.8 Å². The van der Waals surface area contributed by atoms with Gasteiger partial charge in [0.1, 0.15) is 0 Å². The van der Waals surface area contributed by atoms with Gasteiger partial charge in [-0.2, -0.15) is 0 Å². The first-order valence-electron chi connectivity index (χ1n) is 21.7. The maximum Gasteiger partial charge on any atom is 0.187 e. The lowest BCUT2D eigenvalue weighted by Gasteiger charge is -2.76. The second-order valence-electron chi connectivity index (χ2n) is 17.3. The van der Waals surface area contributed by atoms with Crippen molar-refractivity contribution in [3.05, 3.63) is 205 Å². The molecule has 0 N–H and O–H groups in total. The van der Waals surface area contributed by atoms with Crippen molar-refractivity contribution in [3.63, 3.8) is 0 Å². The zero-order valence-electron chi connectivity index (χ0n) is 34.4. The molecular weight excluding hydrogens is 769 g/mol. The zero-order valence-corrected chi connectivity index (χ0v) is 34.4. The largest absolute Gasteiger partial charge is 0.238 e. The van der Waals surface area contributed by atoms with Crippen LogP contribution in [0.15, 0.2) is 188 Å². The van der Waals surface area contributed by atoms with Gasteiger partial charge in [-0.15, -0.1) is 0 Å². The summed E-state index contributed by atoms with van der Waals surface area (Å²) in [5, 5.41) is 0. The lowest BCUT2D eigenvalue weighted by atomic mass is 9.28. The Balaban J connectivity index is 0.868. The number of nitrogens with zero attached hydrogens (tertiary/aromatic N) is 6. The minimum atomic E-state index is 0.368. The smallest absolute Gasteiger partial charge is 0.187 e. The van der Waals surface area contributed by atoms with E-state index < -0.39 is 0 Å². The highest BCUT2D eigenvalue weighted by Gasteiger charge is 2.71. The molecule has 0 bridgehead atoms. The van der Waals surface area contributed by atoms with Crippen LogP contribution in [-0.2, 0) is 5.41 Å². The maximum atomic E-state index is 7.29. The van der Waals surface area contributed by atoms with Crippen molar-refractivity contribution in [1.82, 2.24) is 24.9 Å². The van der Waals surface area contributed by atoms with E-state index in [1.807, 2.05) is 72.8 Å². The fraction of sp³-hybridized carbons (Fsp3) is 0.123. The highest BCUT2D eigenvalue weighted by molar-refractivity contribution is 5.78. The van der Waals surface area contributed by atoms with Crippen molar-refractivity contribution in [2.45, 2.75) is 24.7 Å². The van der Waals surface area contributed by atoms with Crippen LogP contribution in [-0.4, -0.2) is 24.9 Å². The molecule has 3 aliphatic rings. The summed E-state index contributed by atoms with van der Waals surface area (Å²) >= 11 is 0. The summed E-state index contributed by atoms with van der Waals surface area (Å²) in [4.78, 5) is 29.0. The number of aromatic nitrogens is 5. The van der Waals surface area contributed by atoms with Crippen LogP contribution in [0.25, 0.3) is 95.2 Å². The van der Waals surface area contributed by atoms with E-state index in [4.69, 9.17) is 31.5 Å². The Morgan fingerprint density at radius 3 is 1.33 bits per heavy atom. The lowest BCUT2D eigenvalue weighted by Crippen LogP contribution is -2.71. The number of hydrogen-bond donors (Lipinski definition) is 0. The Hall–Kier alpha value is -7.88. The Kier molecular flexibility index (Phi) is 8.75. The molecule has 6 nitrogen and oxygen atoms in total. The SMILES string of the molecule is [C-]#[N+]c1ccc(-c2ccc(-c3cc(-c4ccc(-c5cccc(-c6nc(-c7ccccc7)nc(-c7cccc(C89CC%10CC(C8)C%109)c7)n6)c5)cc4)nc(-c4ccccc4)n3)cc2)cc1. The van der Waals surface area contributed by atoms with Gasteiger partial charge in [-0.05, 0) is 88.4 Å². The molecule has 9 aromatic rings. The molecule has 0 aliphatic heterocycles. The van der Waals surface area contributed by atoms with Crippen molar-refractivity contribution in [2.75, 3.05) is 0 Å². The van der Waals surface area contributed by atoms with E-state index in [1.165, 1.54) is 24.8 Å². The molecular formula is C57H40N6. The van der Waals surface area contributed by atoms with Gasteiger partial charge in [0, 0.05) is 33.4 Å². The van der Waals surface area contributed by atoms with E-state index in [0.717, 1.165) is 84.8 Å². The third-order valence-electron chi connectivity index (χ3n) is 13.8. The predicted octanol–water partition coefficient (Wildman–Crippen LogP) is 13.8. The van der Waals surface area contributed by atoms with Gasteiger partial charge < -0.3 is 0 Å². The van der Waals surface area contributed by atoms with E-state index in [-0.39, 0.29) is 0 Å². The molecule has 2 aromatic heterocycles. The standard InChI is InChI=1S/C57H40N6/c1-58-49-28-26-37(27-29-49)36-18-22-39(23-19-36)50-33-51(60-53(59-50)41-10-4-2-5-11-41)40-24-20-38(21-25-40)43-14-8-15-44(30-43)55-61-54(42-12-6-3-7-13-42)62-56(63-55)45-16-9-17-48(32-45)57-34-46-31-47(35-57)52(46)57/h2-30,32-33,46-47,52H,31,34-35H2. The van der Waals surface area contributed by atoms with Gasteiger partial charge in [0.15, 0.2) is 29.0 Å². The second-order valence-corrected chi connectivity index (χ2v) is 17.3. The molecule has 63 heavy (non-hydrogen) atoms. The highest BCUT2D eigenvalue weighted by atomic mass is 15.0. The molecule has 6 heteroatoms. The predicted molar refractivity (Wildman–Crippen MR) is 251 cm³/mol. The first kappa shape index (κ1) is 36.9. The fourth-order valence-electron chi connectivity index (χ4n) is 10.6. The number of benzene rings is 7. The third kappa shape index (κ3) is 6.52. The molecule has 3 aliphatic carbocycles. The van der Waals surface area contributed by atoms with Crippen LogP contribution in [0.4, 0.5) is 5.69 Å². The Labute approximate surface area is 366 Å². The van der Waals surface area contributed by atoms with Crippen LogP contribution in [0.1, 0.15) is 24.8 Å². The normalized spacial score (nSPS) is 19.1. The average molecular weight is 809 g/mol. The van der Waals surface area contributed by atoms with Crippen LogP contribution in [0, 0.1) is 24.3 Å². The summed E-state index contributed by atoms with van der Waals surface area (Å²) in [6.45, 7) is 7.29. The molecule has 0 spiro atoms. The van der Waals surface area contributed by atoms with Gasteiger partial charge in [0.2, 0.25) is 0 Å². The van der Waals surface area contributed by atoms with E-state index in [9.17, 15) is 0 Å². The molecule has 2 atom stereocenters. The van der Waals surface area contributed by atoms with Crippen molar-refractivity contribution in [2.24, 2.45) is 17.8 Å². The first-order valence-corrected chi connectivity index (χ1v) is 21.7. The minimum Gasteiger partial charge on any atom is -0.238 e. The van der Waals surface area contributed by atoms with E-state index >= 15 is 0 Å². The van der Waals surface area contributed by atoms with Gasteiger partial charge >= 0.3 is 0 Å². The average Bonchev–Trinajstić information content (AvgIpc) is 3.36. The monoisotopic (exact) mass is 808 g/mol. The van der Waals surface area contributed by atoms with Crippen molar-refractivity contribution in [3.8, 4) is 90.3 Å². The van der Waals surface area contributed by atoms with Crippen molar-refractivity contribution < 1.29 is 0 Å². The molecule has 3 fully saturated rings. The van der Waals surface area contributed by atoms with Gasteiger partial charge in [0.05, 0.1) is 18.0 Å². The molecule has 12 rings (SSSR count). The Morgan fingerprint density at radius 2 is 0.810 bits per heavy atom. The Bertz CT molecular complexity index is 3200. The Morgan fingerprint density at radius 1 is 0.381 bits per heavy atom. The summed E-state index contributed by atoms with van der Waals surface area (Å²) in [5.41, 5.74) is 14.3. The van der Waals surface area contributed by atoms with Crippen LogP contribution >= 0.6 is 0 Å². The fourth-order valence-corrected chi connectivity index (χ4v) is 10.6. The second kappa shape index (κ2) is 14.9. The van der Waals surface area contributed by atoms with E-state index in [2.05, 4.69) is 120 Å². The maximum absolute atomic E-state index is 7.29. The molecule has 0 saturated heterocycles. The molecule has 0 radical (unpaired) electrons. The van der Waals surface area contributed by atoms with Crippen LogP contribution < -0.4 is 0 Å². The number of hydrogen-bond acceptors (Lipinski definition) is 5. The van der Waals surface area contributed by atoms with Gasteiger partial charge in [-0.25, -0.2) is 29.8 Å². The molecule has 2 unspecified atom stereocenters. The molecule has 2 heterocycles. The lowest BCUT2D eigenvalue weighted by molar-refractivity contribution is -0.219. The molecule has 298 valence electrons. The molecule has 7 aromatic carbocycles. The van der Waals surface area contributed by atoms with Crippen molar-refractivity contribution >= 4 is 5.69 Å². The molecule has 0 amide bonds. The van der Waals surface area contributed by atoms with E-state index in [1.54, 1.807) is 0 Å². The summed E-state index contributed by atoms with van der Waals surface area (Å²) in [5.74, 6) is 5.46. The van der Waals surface area contributed by atoms with Crippen LogP contribution in [0.5, 0.6) is 0 Å². The van der Waals surface area contributed by atoms with Gasteiger partial charge in [-0.1, -0.05) is 170 Å². The summed E-state index contributed by atoms with van der Waals surface area (Å²) < 4.78 is 0. The summed E-state index contributed by atoms with van der Waals surface area (Å²) in [6, 6.07) is 64.6. The molecule has 3 saturated carbocycles. The van der Waals surface area contributed by atoms with Crippen LogP contribution in [0.3, 0.4) is 0 Å². The first-order chi connectivity index (χ1) is 31.1. The third-order valence-corrected chi connectivity index (χ3v) is 13.8. The summed E-state index contributed by atoms with van der Waals surface area (Å²) in [7, 11) is 0. The minimum absolute atomic E-state index is 0.368. The van der Waals surface area contributed by atoms with Gasteiger partial charge in [0.25, 0.3) is 0 Å². The quantitative estimate of drug-likeness (QED) is 0.136. The van der Waals surface area contributed by atoms with E-state index in [0.29, 0.717) is 34.4 Å². The number of rotatable bonds is 9. The zero-order chi connectivity index (χ0) is 41.9. The van der Waals surface area contributed by atoms with Crippen LogP contribution in [0.2, 0.25) is 0 Å². The van der Waals surface area contributed by atoms with Crippen molar-refractivity contribution in [1.29, 1.82) is 0 Å². The summed E-state index contributed by atoms with van der Waals surface area (Å²) in [6.07, 6.45) is 4.09. The van der Waals surface area contributed by atoms with Gasteiger partial charge in [-0.3, -0.25) is 0 Å².